The SMILES string of the molecule is N#C[C@H]1C[C@H]2C[C@H]1C[C@H]2C=O. The molecule has 0 radical (unpaired) electrons. The Morgan fingerprint density at radius 2 is 2.09 bits per heavy atom. The van der Waals surface area contributed by atoms with E-state index in [2.05, 4.69) is 6.07 Å². The second-order valence-electron chi connectivity index (χ2n) is 3.76. The second-order valence-corrected chi connectivity index (χ2v) is 3.76. The zero-order chi connectivity index (χ0) is 7.84. The topological polar surface area (TPSA) is 40.9 Å². The Labute approximate surface area is 66.2 Å². The first-order chi connectivity index (χ1) is 5.35. The molecule has 2 aliphatic rings. The van der Waals surface area contributed by atoms with E-state index >= 15 is 0 Å². The number of hydrogen-bond acceptors (Lipinski definition) is 2. The summed E-state index contributed by atoms with van der Waals surface area (Å²) in [7, 11) is 0. The Morgan fingerprint density at radius 1 is 1.27 bits per heavy atom. The zero-order valence-electron chi connectivity index (χ0n) is 6.36. The van der Waals surface area contributed by atoms with Gasteiger partial charge in [-0.2, -0.15) is 5.26 Å². The average Bonchev–Trinajstić information content (AvgIpc) is 2.60. The number of hydrogen-bond donors (Lipinski definition) is 0. The molecule has 0 aromatic heterocycles. The number of nitriles is 1. The van der Waals surface area contributed by atoms with Gasteiger partial charge in [-0.3, -0.25) is 0 Å². The molecule has 0 saturated heterocycles. The monoisotopic (exact) mass is 149 g/mol. The lowest BCUT2D eigenvalue weighted by Gasteiger charge is -2.18. The maximum atomic E-state index is 10.5. The molecule has 2 bridgehead atoms. The minimum atomic E-state index is 0.260. The van der Waals surface area contributed by atoms with Crippen molar-refractivity contribution in [3.05, 3.63) is 0 Å². The van der Waals surface area contributed by atoms with Gasteiger partial charge in [-0.1, -0.05) is 0 Å². The molecule has 0 aromatic carbocycles. The molecular formula is C9H11NO. The Balaban J connectivity index is 2.09. The van der Waals surface area contributed by atoms with Crippen molar-refractivity contribution in [2.45, 2.75) is 19.3 Å². The zero-order valence-corrected chi connectivity index (χ0v) is 6.36. The van der Waals surface area contributed by atoms with Gasteiger partial charge in [0.2, 0.25) is 0 Å². The number of rotatable bonds is 1. The van der Waals surface area contributed by atoms with E-state index in [1.165, 1.54) is 0 Å². The predicted octanol–water partition coefficient (Wildman–Crippen LogP) is 1.37. The van der Waals surface area contributed by atoms with Crippen LogP contribution < -0.4 is 0 Å². The molecule has 4 atom stereocenters. The smallest absolute Gasteiger partial charge is 0.123 e. The number of carbonyl (C=O) groups is 1. The minimum absolute atomic E-state index is 0.260. The van der Waals surface area contributed by atoms with E-state index < -0.39 is 0 Å². The highest BCUT2D eigenvalue weighted by atomic mass is 16.1. The molecule has 2 aliphatic carbocycles. The summed E-state index contributed by atoms with van der Waals surface area (Å²) >= 11 is 0. The van der Waals surface area contributed by atoms with E-state index in [4.69, 9.17) is 5.26 Å². The largest absolute Gasteiger partial charge is 0.303 e. The standard InChI is InChI=1S/C9H11NO/c10-4-8-2-7-1-6(8)3-9(7)5-11/h5-9H,1-3H2/t6-,7+,8+,9-/m0/s1. The first-order valence-electron chi connectivity index (χ1n) is 4.20. The number of nitrogens with zero attached hydrogens (tertiary/aromatic N) is 1. The number of fused-ring (bicyclic) bond motifs is 2. The highest BCUT2D eigenvalue weighted by Crippen LogP contribution is 2.50. The molecule has 58 valence electrons. The molecular weight excluding hydrogens is 138 g/mol. The molecule has 0 unspecified atom stereocenters. The Kier molecular flexibility index (Phi) is 1.45. The maximum Gasteiger partial charge on any atom is 0.123 e. The Hall–Kier alpha value is -0.840. The molecule has 11 heavy (non-hydrogen) atoms. The quantitative estimate of drug-likeness (QED) is 0.528. The molecule has 2 nitrogen and oxygen atoms in total. The van der Waals surface area contributed by atoms with E-state index in [9.17, 15) is 4.79 Å². The van der Waals surface area contributed by atoms with Crippen LogP contribution in [0.25, 0.3) is 0 Å². The van der Waals surface area contributed by atoms with Crippen LogP contribution in [0.1, 0.15) is 19.3 Å². The second kappa shape index (κ2) is 2.34. The lowest BCUT2D eigenvalue weighted by atomic mass is 9.84. The highest BCUT2D eigenvalue weighted by molar-refractivity contribution is 5.55. The third-order valence-corrected chi connectivity index (χ3v) is 3.25. The lowest BCUT2D eigenvalue weighted by molar-refractivity contribution is -0.112. The van der Waals surface area contributed by atoms with E-state index in [1.807, 2.05) is 0 Å². The van der Waals surface area contributed by atoms with Crippen molar-refractivity contribution in [2.24, 2.45) is 23.7 Å². The van der Waals surface area contributed by atoms with E-state index in [-0.39, 0.29) is 11.8 Å². The molecule has 0 N–H and O–H groups in total. The fourth-order valence-corrected chi connectivity index (χ4v) is 2.64. The van der Waals surface area contributed by atoms with Crippen LogP contribution in [-0.4, -0.2) is 6.29 Å². The van der Waals surface area contributed by atoms with Gasteiger partial charge in [0.1, 0.15) is 6.29 Å². The fourth-order valence-electron chi connectivity index (χ4n) is 2.64. The van der Waals surface area contributed by atoms with Crippen LogP contribution in [0.2, 0.25) is 0 Å². The van der Waals surface area contributed by atoms with Crippen molar-refractivity contribution < 1.29 is 4.79 Å². The lowest BCUT2D eigenvalue weighted by Crippen LogP contribution is -2.17. The molecule has 2 heteroatoms. The van der Waals surface area contributed by atoms with Gasteiger partial charge >= 0.3 is 0 Å². The van der Waals surface area contributed by atoms with Crippen molar-refractivity contribution >= 4 is 6.29 Å². The number of carbonyl (C=O) groups excluding carboxylic acids is 1. The highest BCUT2D eigenvalue weighted by Gasteiger charge is 2.45. The molecule has 0 amide bonds. The molecule has 2 rings (SSSR count). The van der Waals surface area contributed by atoms with Gasteiger partial charge in [0.25, 0.3) is 0 Å². The first-order valence-corrected chi connectivity index (χ1v) is 4.20. The third kappa shape index (κ3) is 0.875. The molecule has 0 spiro atoms. The van der Waals surface area contributed by atoms with Gasteiger partial charge in [-0.05, 0) is 31.1 Å². The fraction of sp³-hybridized carbons (Fsp3) is 0.778. The summed E-state index contributed by atoms with van der Waals surface area (Å²) in [5, 5.41) is 8.71. The molecule has 2 saturated carbocycles. The molecule has 0 aromatic rings. The summed E-state index contributed by atoms with van der Waals surface area (Å²) in [6.45, 7) is 0. The van der Waals surface area contributed by atoms with Gasteiger partial charge in [-0.15, -0.1) is 0 Å². The van der Waals surface area contributed by atoms with Gasteiger partial charge in [0.05, 0.1) is 6.07 Å². The summed E-state index contributed by atoms with van der Waals surface area (Å²) in [4.78, 5) is 10.5. The number of aldehydes is 1. The van der Waals surface area contributed by atoms with Crippen LogP contribution in [0.4, 0.5) is 0 Å². The summed E-state index contributed by atoms with van der Waals surface area (Å²) in [5.41, 5.74) is 0. The average molecular weight is 149 g/mol. The van der Waals surface area contributed by atoms with E-state index in [0.29, 0.717) is 11.8 Å². The maximum absolute atomic E-state index is 10.5. The van der Waals surface area contributed by atoms with Crippen LogP contribution in [0.15, 0.2) is 0 Å². The van der Waals surface area contributed by atoms with Crippen LogP contribution in [0, 0.1) is 35.0 Å². The van der Waals surface area contributed by atoms with Gasteiger partial charge < -0.3 is 4.79 Å². The van der Waals surface area contributed by atoms with Crippen molar-refractivity contribution in [1.82, 2.24) is 0 Å². The van der Waals surface area contributed by atoms with Crippen LogP contribution in [0.3, 0.4) is 0 Å². The first kappa shape index (κ1) is 6.84. The van der Waals surface area contributed by atoms with Crippen LogP contribution >= 0.6 is 0 Å². The van der Waals surface area contributed by atoms with Crippen LogP contribution in [-0.2, 0) is 4.79 Å². The van der Waals surface area contributed by atoms with Gasteiger partial charge in [0, 0.05) is 11.8 Å². The summed E-state index contributed by atoms with van der Waals surface area (Å²) in [5.74, 6) is 1.63. The third-order valence-electron chi connectivity index (χ3n) is 3.25. The van der Waals surface area contributed by atoms with Crippen LogP contribution in [0.5, 0.6) is 0 Å². The van der Waals surface area contributed by atoms with Gasteiger partial charge in [-0.25, -0.2) is 0 Å². The van der Waals surface area contributed by atoms with Gasteiger partial charge in [0.15, 0.2) is 0 Å². The molecule has 2 fully saturated rings. The Morgan fingerprint density at radius 3 is 2.55 bits per heavy atom. The summed E-state index contributed by atoms with van der Waals surface area (Å²) < 4.78 is 0. The molecule has 0 aliphatic heterocycles. The minimum Gasteiger partial charge on any atom is -0.303 e. The predicted molar refractivity (Wildman–Crippen MR) is 39.5 cm³/mol. The van der Waals surface area contributed by atoms with Crippen molar-refractivity contribution in [2.75, 3.05) is 0 Å². The van der Waals surface area contributed by atoms with Crippen molar-refractivity contribution in [1.29, 1.82) is 5.26 Å². The summed E-state index contributed by atoms with van der Waals surface area (Å²) in [6, 6.07) is 2.32. The van der Waals surface area contributed by atoms with Crippen molar-refractivity contribution in [3.63, 3.8) is 0 Å². The molecule has 0 heterocycles. The van der Waals surface area contributed by atoms with E-state index in [1.54, 1.807) is 0 Å². The normalized spacial score (nSPS) is 47.2. The Bertz CT molecular complexity index is 218. The van der Waals surface area contributed by atoms with Crippen molar-refractivity contribution in [3.8, 4) is 6.07 Å². The summed E-state index contributed by atoms with van der Waals surface area (Å²) in [6.07, 6.45) is 4.16. The van der Waals surface area contributed by atoms with E-state index in [0.717, 1.165) is 25.5 Å².